The maximum absolute atomic E-state index is 9.91. The van der Waals surface area contributed by atoms with Gasteiger partial charge in [0.05, 0.1) is 6.04 Å². The minimum Gasteiger partial charge on any atom is -0.508 e. The fourth-order valence-electron chi connectivity index (χ4n) is 3.05. The van der Waals surface area contributed by atoms with Crippen LogP contribution in [0.25, 0.3) is 0 Å². The number of aromatic hydroxyl groups is 1. The molecule has 0 bridgehead atoms. The highest BCUT2D eigenvalue weighted by molar-refractivity contribution is 5.52. The van der Waals surface area contributed by atoms with Crippen molar-refractivity contribution >= 4 is 5.69 Å². The third-order valence-electron chi connectivity index (χ3n) is 4.34. The van der Waals surface area contributed by atoms with Gasteiger partial charge in [-0.1, -0.05) is 45.0 Å². The van der Waals surface area contributed by atoms with Crippen molar-refractivity contribution in [2.75, 3.05) is 5.32 Å². The van der Waals surface area contributed by atoms with Crippen molar-refractivity contribution < 1.29 is 5.11 Å². The Bertz CT molecular complexity index is 638. The lowest BCUT2D eigenvalue weighted by Gasteiger charge is -2.20. The fraction of sp³-hybridized carbons (Fsp3) is 0.368. The number of fused-ring (bicyclic) bond motifs is 1. The topological polar surface area (TPSA) is 32.3 Å². The number of rotatable bonds is 2. The lowest BCUT2D eigenvalue weighted by Crippen LogP contribution is -2.11. The second-order valence-corrected chi connectivity index (χ2v) is 6.91. The van der Waals surface area contributed by atoms with Crippen LogP contribution in [0.3, 0.4) is 0 Å². The van der Waals surface area contributed by atoms with Gasteiger partial charge in [0, 0.05) is 5.69 Å². The fourth-order valence-corrected chi connectivity index (χ4v) is 3.05. The molecule has 0 aliphatic heterocycles. The minimum absolute atomic E-state index is 0.185. The minimum atomic E-state index is 0.185. The average Bonchev–Trinajstić information content (AvgIpc) is 2.83. The van der Waals surface area contributed by atoms with Gasteiger partial charge in [-0.3, -0.25) is 0 Å². The lowest BCUT2D eigenvalue weighted by molar-refractivity contribution is 0.469. The molecule has 2 nitrogen and oxygen atoms in total. The molecule has 110 valence electrons. The van der Waals surface area contributed by atoms with Crippen LogP contribution >= 0.6 is 0 Å². The summed E-state index contributed by atoms with van der Waals surface area (Å²) in [5, 5.41) is 13.5. The standard InChI is InChI=1S/C19H23NO/c1-19(2,3)13-7-9-14(10-8-13)20-17-12-11-16-15(17)5-4-6-18(16)21/h4-10,17,20-21H,11-12H2,1-3H3. The second-order valence-electron chi connectivity index (χ2n) is 6.91. The first kappa shape index (κ1) is 14.0. The predicted molar refractivity (Wildman–Crippen MR) is 87.9 cm³/mol. The van der Waals surface area contributed by atoms with E-state index in [-0.39, 0.29) is 5.41 Å². The molecule has 0 spiro atoms. The van der Waals surface area contributed by atoms with Crippen LogP contribution in [0.1, 0.15) is 49.9 Å². The van der Waals surface area contributed by atoms with Gasteiger partial charge in [0.25, 0.3) is 0 Å². The Kier molecular flexibility index (Phi) is 3.40. The van der Waals surface area contributed by atoms with E-state index >= 15 is 0 Å². The Hall–Kier alpha value is -1.96. The molecule has 21 heavy (non-hydrogen) atoms. The van der Waals surface area contributed by atoms with Gasteiger partial charge in [-0.05, 0) is 53.1 Å². The highest BCUT2D eigenvalue weighted by Crippen LogP contribution is 2.38. The summed E-state index contributed by atoms with van der Waals surface area (Å²) < 4.78 is 0. The van der Waals surface area contributed by atoms with Gasteiger partial charge < -0.3 is 10.4 Å². The van der Waals surface area contributed by atoms with Gasteiger partial charge in [-0.2, -0.15) is 0 Å². The van der Waals surface area contributed by atoms with Gasteiger partial charge >= 0.3 is 0 Å². The van der Waals surface area contributed by atoms with Crippen LogP contribution in [-0.2, 0) is 11.8 Å². The molecule has 1 atom stereocenters. The summed E-state index contributed by atoms with van der Waals surface area (Å²) in [4.78, 5) is 0. The molecule has 3 rings (SSSR count). The predicted octanol–water partition coefficient (Wildman–Crippen LogP) is 4.79. The average molecular weight is 281 g/mol. The smallest absolute Gasteiger partial charge is 0.119 e. The zero-order chi connectivity index (χ0) is 15.0. The van der Waals surface area contributed by atoms with E-state index in [0.29, 0.717) is 11.8 Å². The molecule has 0 saturated carbocycles. The van der Waals surface area contributed by atoms with Gasteiger partial charge in [0.1, 0.15) is 5.75 Å². The summed E-state index contributed by atoms with van der Waals surface area (Å²) in [5.41, 5.74) is 5.00. The number of anilines is 1. The van der Waals surface area contributed by atoms with E-state index in [2.05, 4.69) is 56.4 Å². The van der Waals surface area contributed by atoms with E-state index in [4.69, 9.17) is 0 Å². The molecule has 2 N–H and O–H groups in total. The van der Waals surface area contributed by atoms with Crippen molar-refractivity contribution in [2.24, 2.45) is 0 Å². The van der Waals surface area contributed by atoms with Gasteiger partial charge in [0.2, 0.25) is 0 Å². The number of phenols is 1. The number of benzene rings is 2. The van der Waals surface area contributed by atoms with Crippen molar-refractivity contribution in [3.8, 4) is 5.75 Å². The Labute approximate surface area is 126 Å². The first-order valence-electron chi connectivity index (χ1n) is 7.63. The van der Waals surface area contributed by atoms with Crippen LogP contribution in [0, 0.1) is 0 Å². The molecule has 2 aromatic carbocycles. The summed E-state index contributed by atoms with van der Waals surface area (Å²) in [6, 6.07) is 14.8. The molecular formula is C19H23NO. The van der Waals surface area contributed by atoms with Crippen molar-refractivity contribution in [2.45, 2.75) is 45.1 Å². The van der Waals surface area contributed by atoms with Crippen molar-refractivity contribution in [3.63, 3.8) is 0 Å². The van der Waals surface area contributed by atoms with Crippen LogP contribution in [0.4, 0.5) is 5.69 Å². The molecule has 0 fully saturated rings. The number of nitrogens with one attached hydrogen (secondary N) is 1. The van der Waals surface area contributed by atoms with E-state index in [1.54, 1.807) is 6.07 Å². The molecule has 2 heteroatoms. The lowest BCUT2D eigenvalue weighted by atomic mass is 9.87. The van der Waals surface area contributed by atoms with E-state index in [0.717, 1.165) is 24.1 Å². The van der Waals surface area contributed by atoms with Crippen molar-refractivity contribution in [3.05, 3.63) is 59.2 Å². The number of hydrogen-bond donors (Lipinski definition) is 2. The Morgan fingerprint density at radius 3 is 2.43 bits per heavy atom. The molecule has 0 amide bonds. The summed E-state index contributed by atoms with van der Waals surface area (Å²) in [6.45, 7) is 6.68. The third-order valence-corrected chi connectivity index (χ3v) is 4.34. The first-order chi connectivity index (χ1) is 9.95. The van der Waals surface area contributed by atoms with Crippen molar-refractivity contribution in [1.82, 2.24) is 0 Å². The van der Waals surface area contributed by atoms with E-state index in [1.165, 1.54) is 11.1 Å². The van der Waals surface area contributed by atoms with Gasteiger partial charge in [-0.25, -0.2) is 0 Å². The summed E-state index contributed by atoms with van der Waals surface area (Å²) in [6.07, 6.45) is 1.98. The molecule has 0 heterocycles. The monoisotopic (exact) mass is 281 g/mol. The van der Waals surface area contributed by atoms with Crippen LogP contribution in [-0.4, -0.2) is 5.11 Å². The Morgan fingerprint density at radius 2 is 1.76 bits per heavy atom. The molecule has 2 aromatic rings. The maximum atomic E-state index is 9.91. The highest BCUT2D eigenvalue weighted by atomic mass is 16.3. The zero-order valence-electron chi connectivity index (χ0n) is 13.0. The summed E-state index contributed by atoms with van der Waals surface area (Å²) in [5.74, 6) is 0.430. The Balaban J connectivity index is 1.79. The molecule has 0 radical (unpaired) electrons. The molecule has 1 aliphatic rings. The molecule has 1 unspecified atom stereocenters. The largest absolute Gasteiger partial charge is 0.508 e. The molecule has 0 aromatic heterocycles. The maximum Gasteiger partial charge on any atom is 0.119 e. The summed E-state index contributed by atoms with van der Waals surface area (Å²) >= 11 is 0. The quantitative estimate of drug-likeness (QED) is 0.829. The summed E-state index contributed by atoms with van der Waals surface area (Å²) in [7, 11) is 0. The molecular weight excluding hydrogens is 258 g/mol. The highest BCUT2D eigenvalue weighted by Gasteiger charge is 2.24. The number of hydrogen-bond acceptors (Lipinski definition) is 2. The van der Waals surface area contributed by atoms with E-state index < -0.39 is 0 Å². The van der Waals surface area contributed by atoms with Crippen LogP contribution in [0.5, 0.6) is 5.75 Å². The molecule has 1 aliphatic carbocycles. The number of phenolic OH excluding ortho intramolecular Hbond substituents is 1. The zero-order valence-corrected chi connectivity index (χ0v) is 13.0. The SMILES string of the molecule is CC(C)(C)c1ccc(NC2CCc3c(O)cccc32)cc1. The Morgan fingerprint density at radius 1 is 1.05 bits per heavy atom. The van der Waals surface area contributed by atoms with E-state index in [9.17, 15) is 5.11 Å². The normalized spacial score (nSPS) is 17.6. The molecule has 0 saturated heterocycles. The van der Waals surface area contributed by atoms with Gasteiger partial charge in [-0.15, -0.1) is 0 Å². The van der Waals surface area contributed by atoms with Crippen molar-refractivity contribution in [1.29, 1.82) is 0 Å². The first-order valence-corrected chi connectivity index (χ1v) is 7.63. The van der Waals surface area contributed by atoms with E-state index in [1.807, 2.05) is 6.07 Å². The van der Waals surface area contributed by atoms with Crippen LogP contribution in [0.15, 0.2) is 42.5 Å². The third kappa shape index (κ3) is 2.76. The van der Waals surface area contributed by atoms with Gasteiger partial charge in [0.15, 0.2) is 0 Å². The second kappa shape index (κ2) is 5.10. The van der Waals surface area contributed by atoms with Crippen LogP contribution in [0.2, 0.25) is 0 Å². The van der Waals surface area contributed by atoms with Crippen LogP contribution < -0.4 is 5.32 Å².